The molecule has 3 heteroatoms. The fraction of sp³-hybridized carbons (Fsp3) is 0.375. The standard InChI is InChI=1S/C8H12BrGeN/c1-10(2,3)7-4-5-8(9)11-6-7/h4-6H,1-3H3. The first-order valence-corrected chi connectivity index (χ1v) is 11.8. The Kier molecular flexibility index (Phi) is 2.76. The van der Waals surface area contributed by atoms with Gasteiger partial charge < -0.3 is 0 Å². The predicted octanol–water partition coefficient (Wildman–Crippen LogP) is 2.39. The van der Waals surface area contributed by atoms with Gasteiger partial charge >= 0.3 is 78.8 Å². The Hall–Kier alpha value is 0.173. The van der Waals surface area contributed by atoms with Crippen LogP contribution in [-0.2, 0) is 0 Å². The summed E-state index contributed by atoms with van der Waals surface area (Å²) >= 11 is 1.71. The molecule has 0 amide bonds. The van der Waals surface area contributed by atoms with Crippen molar-refractivity contribution in [3.63, 3.8) is 0 Å². The zero-order chi connectivity index (χ0) is 8.48. The van der Waals surface area contributed by atoms with Gasteiger partial charge in [0.25, 0.3) is 0 Å². The molecule has 0 N–H and O–H groups in total. The van der Waals surface area contributed by atoms with Crippen molar-refractivity contribution in [3.05, 3.63) is 22.9 Å². The second-order valence-electron chi connectivity index (χ2n) is 3.62. The average Bonchev–Trinajstić information content (AvgIpc) is 1.86. The van der Waals surface area contributed by atoms with Crippen molar-refractivity contribution in [1.29, 1.82) is 0 Å². The number of hydrogen-bond acceptors (Lipinski definition) is 1. The molecule has 1 rings (SSSR count). The predicted molar refractivity (Wildman–Crippen MR) is 54.9 cm³/mol. The molecule has 1 heterocycles. The summed E-state index contributed by atoms with van der Waals surface area (Å²) in [4.78, 5) is 4.21. The quantitative estimate of drug-likeness (QED) is 0.566. The van der Waals surface area contributed by atoms with Crippen molar-refractivity contribution in [2.24, 2.45) is 0 Å². The molecule has 1 nitrogen and oxygen atoms in total. The Labute approximate surface area is 78.7 Å². The molecule has 0 spiro atoms. The van der Waals surface area contributed by atoms with E-state index in [0.717, 1.165) is 4.60 Å². The van der Waals surface area contributed by atoms with E-state index < -0.39 is 13.3 Å². The first-order chi connectivity index (χ1) is 5.00. The van der Waals surface area contributed by atoms with E-state index in [2.05, 4.69) is 44.2 Å². The first kappa shape index (κ1) is 9.26. The Morgan fingerprint density at radius 3 is 2.27 bits per heavy atom. The molecule has 11 heavy (non-hydrogen) atoms. The monoisotopic (exact) mass is 275 g/mol. The molecule has 0 aliphatic rings. The van der Waals surface area contributed by atoms with Crippen LogP contribution >= 0.6 is 15.9 Å². The zero-order valence-corrected chi connectivity index (χ0v) is 10.7. The molecule has 1 aromatic heterocycles. The van der Waals surface area contributed by atoms with Crippen LogP contribution in [0, 0.1) is 0 Å². The van der Waals surface area contributed by atoms with Crippen molar-refractivity contribution < 1.29 is 0 Å². The third kappa shape index (κ3) is 2.60. The topological polar surface area (TPSA) is 12.9 Å². The fourth-order valence-electron chi connectivity index (χ4n) is 0.819. The van der Waals surface area contributed by atoms with Crippen molar-refractivity contribution in [2.75, 3.05) is 0 Å². The van der Waals surface area contributed by atoms with Gasteiger partial charge in [-0.2, -0.15) is 0 Å². The molecular formula is C8H12BrGeN. The van der Waals surface area contributed by atoms with Crippen LogP contribution in [0.1, 0.15) is 0 Å². The SMILES string of the molecule is [CH3][Ge]([CH3])([CH3])[c]1ccc(Br)nc1. The number of pyridine rings is 1. The summed E-state index contributed by atoms with van der Waals surface area (Å²) in [5, 5.41) is 0. The van der Waals surface area contributed by atoms with Crippen LogP contribution in [0.2, 0.25) is 17.3 Å². The van der Waals surface area contributed by atoms with Crippen LogP contribution in [0.3, 0.4) is 0 Å². The van der Waals surface area contributed by atoms with Gasteiger partial charge in [-0.15, -0.1) is 0 Å². The molecule has 0 saturated heterocycles. The van der Waals surface area contributed by atoms with E-state index in [1.54, 1.807) is 0 Å². The van der Waals surface area contributed by atoms with E-state index in [1.807, 2.05) is 12.3 Å². The van der Waals surface area contributed by atoms with Gasteiger partial charge in [-0.25, -0.2) is 0 Å². The number of rotatable bonds is 1. The van der Waals surface area contributed by atoms with Gasteiger partial charge in [0, 0.05) is 0 Å². The maximum atomic E-state index is 4.21. The number of hydrogen-bond donors (Lipinski definition) is 0. The molecule has 0 bridgehead atoms. The summed E-state index contributed by atoms with van der Waals surface area (Å²) in [6.07, 6.45) is 1.99. The first-order valence-electron chi connectivity index (χ1n) is 3.62. The van der Waals surface area contributed by atoms with E-state index in [9.17, 15) is 0 Å². The Balaban J connectivity index is 2.99. The van der Waals surface area contributed by atoms with Gasteiger partial charge in [-0.05, 0) is 0 Å². The number of aromatic nitrogens is 1. The molecule has 0 atom stereocenters. The van der Waals surface area contributed by atoms with Gasteiger partial charge in [-0.1, -0.05) is 0 Å². The van der Waals surface area contributed by atoms with Crippen molar-refractivity contribution >= 4 is 33.6 Å². The van der Waals surface area contributed by atoms with Gasteiger partial charge in [0.1, 0.15) is 0 Å². The molecule has 60 valence electrons. The minimum absolute atomic E-state index is 0.924. The maximum absolute atomic E-state index is 4.21. The van der Waals surface area contributed by atoms with Crippen LogP contribution in [0.15, 0.2) is 22.9 Å². The second-order valence-corrected chi connectivity index (χ2v) is 15.1. The third-order valence-electron chi connectivity index (χ3n) is 1.59. The van der Waals surface area contributed by atoms with E-state index >= 15 is 0 Å². The molecule has 0 aliphatic carbocycles. The summed E-state index contributed by atoms with van der Waals surface area (Å²) < 4.78 is 2.38. The molecule has 0 fully saturated rings. The number of halogens is 1. The van der Waals surface area contributed by atoms with E-state index in [-0.39, 0.29) is 0 Å². The molecule has 1 aromatic rings. The van der Waals surface area contributed by atoms with Crippen LogP contribution in [0.5, 0.6) is 0 Å². The molecule has 0 aromatic carbocycles. The van der Waals surface area contributed by atoms with Crippen molar-refractivity contribution in [2.45, 2.75) is 17.3 Å². The zero-order valence-electron chi connectivity index (χ0n) is 7.06. The number of nitrogens with zero attached hydrogens (tertiary/aromatic N) is 1. The van der Waals surface area contributed by atoms with Crippen LogP contribution in [-0.4, -0.2) is 18.3 Å². The van der Waals surface area contributed by atoms with Gasteiger partial charge in [0.15, 0.2) is 0 Å². The van der Waals surface area contributed by atoms with E-state index in [4.69, 9.17) is 0 Å². The van der Waals surface area contributed by atoms with Crippen LogP contribution < -0.4 is 4.40 Å². The summed E-state index contributed by atoms with van der Waals surface area (Å²) in [5.74, 6) is 7.10. The Morgan fingerprint density at radius 2 is 1.91 bits per heavy atom. The van der Waals surface area contributed by atoms with E-state index in [0.29, 0.717) is 0 Å². The normalized spacial score (nSPS) is 11.6. The Bertz CT molecular complexity index is 237. The second kappa shape index (κ2) is 3.27. The molecule has 0 saturated carbocycles. The molecular weight excluding hydrogens is 263 g/mol. The summed E-state index contributed by atoms with van der Waals surface area (Å²) in [6, 6.07) is 4.20. The molecule has 0 unspecified atom stereocenters. The van der Waals surface area contributed by atoms with Crippen LogP contribution in [0.25, 0.3) is 0 Å². The van der Waals surface area contributed by atoms with Crippen LogP contribution in [0.4, 0.5) is 0 Å². The fourth-order valence-corrected chi connectivity index (χ4v) is 3.23. The van der Waals surface area contributed by atoms with Gasteiger partial charge in [-0.3, -0.25) is 0 Å². The van der Waals surface area contributed by atoms with Crippen molar-refractivity contribution in [3.8, 4) is 0 Å². The average molecular weight is 275 g/mol. The van der Waals surface area contributed by atoms with E-state index in [1.165, 1.54) is 4.40 Å². The summed E-state index contributed by atoms with van der Waals surface area (Å²) in [6.45, 7) is 0. The summed E-state index contributed by atoms with van der Waals surface area (Å²) in [7, 11) is 0. The third-order valence-corrected chi connectivity index (χ3v) is 6.32. The Morgan fingerprint density at radius 1 is 1.27 bits per heavy atom. The van der Waals surface area contributed by atoms with Gasteiger partial charge in [0.2, 0.25) is 0 Å². The summed E-state index contributed by atoms with van der Waals surface area (Å²) in [5.41, 5.74) is 0. The van der Waals surface area contributed by atoms with Gasteiger partial charge in [0.05, 0.1) is 0 Å². The molecule has 0 radical (unpaired) electrons. The minimum atomic E-state index is -1.61. The van der Waals surface area contributed by atoms with Crippen molar-refractivity contribution in [1.82, 2.24) is 4.98 Å². The molecule has 0 aliphatic heterocycles.